The van der Waals surface area contributed by atoms with Crippen molar-refractivity contribution in [3.63, 3.8) is 0 Å². The molecule has 1 aliphatic carbocycles. The first-order chi connectivity index (χ1) is 26.8. The van der Waals surface area contributed by atoms with Gasteiger partial charge in [-0.05, 0) is 79.5 Å². The number of benzene rings is 8. The zero-order valence-electron chi connectivity index (χ0n) is 29.3. The van der Waals surface area contributed by atoms with E-state index in [-0.39, 0.29) is 0 Å². The molecular weight excluding hydrogens is 657 g/mol. The van der Waals surface area contributed by atoms with E-state index in [4.69, 9.17) is 14.4 Å². The van der Waals surface area contributed by atoms with Crippen molar-refractivity contribution in [1.29, 1.82) is 0 Å². The summed E-state index contributed by atoms with van der Waals surface area (Å²) >= 11 is 0. The molecule has 0 aliphatic heterocycles. The van der Waals surface area contributed by atoms with Gasteiger partial charge in [0.05, 0.1) is 5.41 Å². The van der Waals surface area contributed by atoms with Crippen LogP contribution in [-0.2, 0) is 5.41 Å². The minimum atomic E-state index is -0.549. The highest BCUT2D eigenvalue weighted by Crippen LogP contribution is 2.58. The van der Waals surface area contributed by atoms with Crippen molar-refractivity contribution in [3.05, 3.63) is 216 Å². The minimum Gasteiger partial charge on any atom is -0.452 e. The van der Waals surface area contributed by atoms with Gasteiger partial charge in [-0.1, -0.05) is 170 Å². The lowest BCUT2D eigenvalue weighted by Gasteiger charge is -2.34. The summed E-state index contributed by atoms with van der Waals surface area (Å²) in [6, 6.07) is 69.3. The molecular formula is C51H32N2O. The van der Waals surface area contributed by atoms with E-state index >= 15 is 0 Å². The summed E-state index contributed by atoms with van der Waals surface area (Å²) in [4.78, 5) is 10.8. The van der Waals surface area contributed by atoms with Crippen LogP contribution in [0.2, 0.25) is 0 Å². The number of nitrogens with zero attached hydrogens (tertiary/aromatic N) is 2. The first-order valence-electron chi connectivity index (χ1n) is 18.4. The topological polar surface area (TPSA) is 38.9 Å². The van der Waals surface area contributed by atoms with E-state index in [1.165, 1.54) is 44.2 Å². The molecule has 252 valence electrons. The molecule has 2 heterocycles. The lowest BCUT2D eigenvalue weighted by Crippen LogP contribution is -2.28. The molecule has 3 nitrogen and oxygen atoms in total. The van der Waals surface area contributed by atoms with Crippen LogP contribution in [0.1, 0.15) is 22.3 Å². The number of hydrogen-bond donors (Lipinski definition) is 0. The van der Waals surface area contributed by atoms with E-state index in [9.17, 15) is 0 Å². The van der Waals surface area contributed by atoms with E-state index < -0.39 is 5.41 Å². The van der Waals surface area contributed by atoms with Gasteiger partial charge >= 0.3 is 0 Å². The van der Waals surface area contributed by atoms with Gasteiger partial charge in [0.15, 0.2) is 11.4 Å². The Hall–Kier alpha value is -7.10. The predicted molar refractivity (Wildman–Crippen MR) is 220 cm³/mol. The highest BCUT2D eigenvalue weighted by Gasteiger charge is 2.46. The summed E-state index contributed by atoms with van der Waals surface area (Å²) in [6.07, 6.45) is 0. The summed E-state index contributed by atoms with van der Waals surface area (Å²) in [5.41, 5.74) is 14.1. The maximum Gasteiger partial charge on any atom is 0.180 e. The molecule has 0 spiro atoms. The summed E-state index contributed by atoms with van der Waals surface area (Å²) in [5.74, 6) is 0.660. The van der Waals surface area contributed by atoms with E-state index in [1.54, 1.807) is 0 Å². The Kier molecular flexibility index (Phi) is 6.77. The van der Waals surface area contributed by atoms with E-state index in [0.29, 0.717) is 11.4 Å². The number of rotatable bonds is 5. The van der Waals surface area contributed by atoms with Crippen LogP contribution in [0.4, 0.5) is 0 Å². The molecule has 0 saturated carbocycles. The third kappa shape index (κ3) is 4.42. The molecule has 0 bridgehead atoms. The molecule has 0 saturated heterocycles. The van der Waals surface area contributed by atoms with Crippen molar-refractivity contribution in [1.82, 2.24) is 9.97 Å². The van der Waals surface area contributed by atoms with Crippen molar-refractivity contribution in [3.8, 4) is 44.9 Å². The zero-order valence-corrected chi connectivity index (χ0v) is 29.3. The third-order valence-corrected chi connectivity index (χ3v) is 11.2. The molecule has 1 aliphatic rings. The fraction of sp³-hybridized carbons (Fsp3) is 0.0196. The monoisotopic (exact) mass is 688 g/mol. The van der Waals surface area contributed by atoms with Gasteiger partial charge in [-0.15, -0.1) is 0 Å². The van der Waals surface area contributed by atoms with Crippen molar-refractivity contribution in [2.24, 2.45) is 0 Å². The SMILES string of the molecule is c1ccc(-c2nc(-c3cc4c(cc3-c3cccc5ccccc35)C(c3ccccc3)(c3ccccc3)c3ccccc3-4)nc3c2oc2ccccc23)cc1. The Balaban J connectivity index is 1.31. The van der Waals surface area contributed by atoms with Gasteiger partial charge in [-0.3, -0.25) is 0 Å². The molecule has 54 heavy (non-hydrogen) atoms. The van der Waals surface area contributed by atoms with E-state index in [1.807, 2.05) is 36.4 Å². The summed E-state index contributed by atoms with van der Waals surface area (Å²) < 4.78 is 6.52. The van der Waals surface area contributed by atoms with Crippen LogP contribution in [0, 0.1) is 0 Å². The highest BCUT2D eigenvalue weighted by atomic mass is 16.3. The molecule has 0 radical (unpaired) electrons. The Morgan fingerprint density at radius 3 is 1.80 bits per heavy atom. The van der Waals surface area contributed by atoms with Crippen molar-refractivity contribution < 1.29 is 4.42 Å². The van der Waals surface area contributed by atoms with Gasteiger partial charge in [0.1, 0.15) is 16.8 Å². The van der Waals surface area contributed by atoms with Gasteiger partial charge in [0, 0.05) is 16.5 Å². The highest BCUT2D eigenvalue weighted by molar-refractivity contribution is 6.08. The van der Waals surface area contributed by atoms with Crippen molar-refractivity contribution >= 4 is 32.8 Å². The van der Waals surface area contributed by atoms with Crippen molar-refractivity contribution in [2.45, 2.75) is 5.41 Å². The van der Waals surface area contributed by atoms with E-state index in [2.05, 4.69) is 158 Å². The Morgan fingerprint density at radius 2 is 1.02 bits per heavy atom. The van der Waals surface area contributed by atoms with Gasteiger partial charge in [0.2, 0.25) is 0 Å². The zero-order chi connectivity index (χ0) is 35.6. The maximum absolute atomic E-state index is 6.52. The first-order valence-corrected chi connectivity index (χ1v) is 18.4. The average Bonchev–Trinajstić information content (AvgIpc) is 3.77. The summed E-state index contributed by atoms with van der Waals surface area (Å²) in [6.45, 7) is 0. The molecule has 8 aromatic carbocycles. The standard InChI is InChI=1S/C51H32N2O/c1-4-18-34(19-5-1)47-49-48(40-27-13-15-30-46(40)54-49)53-50(52-47)43-31-42-39-26-12-14-29-44(39)51(35-21-6-2-7-22-35,36-23-8-3-9-24-36)45(42)32-41(43)38-28-16-20-33-17-10-11-25-37(33)38/h1-32H. The maximum atomic E-state index is 6.52. The molecule has 2 aromatic heterocycles. The lowest BCUT2D eigenvalue weighted by atomic mass is 9.67. The van der Waals surface area contributed by atoms with Crippen LogP contribution in [-0.4, -0.2) is 9.97 Å². The van der Waals surface area contributed by atoms with Crippen LogP contribution >= 0.6 is 0 Å². The van der Waals surface area contributed by atoms with Crippen LogP contribution in [0.15, 0.2) is 199 Å². The fourth-order valence-corrected chi connectivity index (χ4v) is 8.86. The second-order valence-electron chi connectivity index (χ2n) is 14.0. The van der Waals surface area contributed by atoms with Crippen LogP contribution < -0.4 is 0 Å². The Morgan fingerprint density at radius 1 is 0.407 bits per heavy atom. The quantitative estimate of drug-likeness (QED) is 0.181. The van der Waals surface area contributed by atoms with Gasteiger partial charge < -0.3 is 4.42 Å². The molecule has 11 rings (SSSR count). The predicted octanol–water partition coefficient (Wildman–Crippen LogP) is 12.9. The van der Waals surface area contributed by atoms with Gasteiger partial charge in [-0.25, -0.2) is 9.97 Å². The third-order valence-electron chi connectivity index (χ3n) is 11.2. The van der Waals surface area contributed by atoms with Crippen LogP contribution in [0.3, 0.4) is 0 Å². The molecule has 10 aromatic rings. The Bertz CT molecular complexity index is 2990. The number of para-hydroxylation sites is 1. The molecule has 0 fully saturated rings. The average molecular weight is 689 g/mol. The Labute approximate surface area is 312 Å². The smallest absolute Gasteiger partial charge is 0.180 e. The normalized spacial score (nSPS) is 13.0. The molecule has 3 heteroatoms. The number of aromatic nitrogens is 2. The number of furan rings is 1. The summed E-state index contributed by atoms with van der Waals surface area (Å²) in [5, 5.41) is 3.34. The van der Waals surface area contributed by atoms with E-state index in [0.717, 1.165) is 44.4 Å². The van der Waals surface area contributed by atoms with Crippen molar-refractivity contribution in [2.75, 3.05) is 0 Å². The second-order valence-corrected chi connectivity index (χ2v) is 14.0. The number of hydrogen-bond acceptors (Lipinski definition) is 3. The molecule has 0 unspecified atom stereocenters. The molecule has 0 amide bonds. The fourth-order valence-electron chi connectivity index (χ4n) is 8.86. The molecule has 0 atom stereocenters. The second kappa shape index (κ2) is 12.0. The lowest BCUT2D eigenvalue weighted by molar-refractivity contribution is 0.667. The van der Waals surface area contributed by atoms with Gasteiger partial charge in [-0.2, -0.15) is 0 Å². The largest absolute Gasteiger partial charge is 0.452 e. The van der Waals surface area contributed by atoms with Gasteiger partial charge in [0.25, 0.3) is 0 Å². The number of fused-ring (bicyclic) bond motifs is 7. The summed E-state index contributed by atoms with van der Waals surface area (Å²) in [7, 11) is 0. The van der Waals surface area contributed by atoms with Crippen LogP contribution in [0.25, 0.3) is 77.7 Å². The minimum absolute atomic E-state index is 0.549. The first kappa shape index (κ1) is 30.5. The molecule has 0 N–H and O–H groups in total. The van der Waals surface area contributed by atoms with Crippen LogP contribution in [0.5, 0.6) is 0 Å².